The van der Waals surface area contributed by atoms with E-state index in [1.807, 2.05) is 0 Å². The average molecular weight is 301 g/mol. The summed E-state index contributed by atoms with van der Waals surface area (Å²) in [6.07, 6.45) is 2.63. The van der Waals surface area contributed by atoms with Crippen LogP contribution in [-0.4, -0.2) is 35.8 Å². The van der Waals surface area contributed by atoms with Crippen molar-refractivity contribution in [3.05, 3.63) is 29.8 Å². The van der Waals surface area contributed by atoms with Crippen LogP contribution >= 0.6 is 0 Å². The lowest BCUT2D eigenvalue weighted by Gasteiger charge is -2.32. The molecule has 2 aliphatic rings. The fraction of sp³-hybridized carbons (Fsp3) is 0.667. The van der Waals surface area contributed by atoms with Gasteiger partial charge in [-0.15, -0.1) is 0 Å². The van der Waals surface area contributed by atoms with E-state index in [4.69, 9.17) is 9.31 Å². The number of nitrogens with zero attached hydrogens (tertiary/aromatic N) is 1. The fourth-order valence-corrected chi connectivity index (χ4v) is 3.28. The topological polar surface area (TPSA) is 21.7 Å². The van der Waals surface area contributed by atoms with E-state index in [9.17, 15) is 0 Å². The Kier molecular flexibility index (Phi) is 4.13. The first-order chi connectivity index (χ1) is 10.3. The quantitative estimate of drug-likeness (QED) is 0.801. The van der Waals surface area contributed by atoms with E-state index in [0.717, 1.165) is 12.0 Å². The van der Waals surface area contributed by atoms with Gasteiger partial charge in [0.1, 0.15) is 0 Å². The molecule has 1 aromatic rings. The Morgan fingerprint density at radius 3 is 2.45 bits per heavy atom. The lowest BCUT2D eigenvalue weighted by atomic mass is 9.78. The summed E-state index contributed by atoms with van der Waals surface area (Å²) in [6, 6.07) is 9.38. The van der Waals surface area contributed by atoms with Crippen molar-refractivity contribution in [2.45, 2.75) is 71.2 Å². The maximum absolute atomic E-state index is 6.16. The van der Waals surface area contributed by atoms with E-state index < -0.39 is 0 Å². The maximum atomic E-state index is 6.16. The van der Waals surface area contributed by atoms with E-state index in [0.29, 0.717) is 6.04 Å². The predicted molar refractivity (Wildman–Crippen MR) is 91.3 cm³/mol. The van der Waals surface area contributed by atoms with Crippen LogP contribution in [0.5, 0.6) is 0 Å². The van der Waals surface area contributed by atoms with Gasteiger partial charge >= 0.3 is 7.12 Å². The van der Waals surface area contributed by atoms with Gasteiger partial charge in [0.2, 0.25) is 0 Å². The van der Waals surface area contributed by atoms with Crippen LogP contribution < -0.4 is 5.46 Å². The van der Waals surface area contributed by atoms with Gasteiger partial charge in [-0.2, -0.15) is 0 Å². The third kappa shape index (κ3) is 2.97. The van der Waals surface area contributed by atoms with Crippen LogP contribution in [-0.2, 0) is 15.9 Å². The van der Waals surface area contributed by atoms with Gasteiger partial charge in [-0.3, -0.25) is 4.90 Å². The molecular weight excluding hydrogens is 273 g/mol. The number of rotatable bonds is 3. The molecule has 120 valence electrons. The number of likely N-dealkylation sites (tertiary alicyclic amines) is 1. The Balaban J connectivity index is 1.75. The zero-order valence-electron chi connectivity index (χ0n) is 14.6. The lowest BCUT2D eigenvalue weighted by Crippen LogP contribution is -2.41. The van der Waals surface area contributed by atoms with Crippen molar-refractivity contribution >= 4 is 12.6 Å². The van der Waals surface area contributed by atoms with E-state index in [1.165, 1.54) is 24.9 Å². The van der Waals surface area contributed by atoms with Gasteiger partial charge in [0, 0.05) is 12.6 Å². The summed E-state index contributed by atoms with van der Waals surface area (Å²) in [7, 11) is -0.263. The summed E-state index contributed by atoms with van der Waals surface area (Å²) in [5, 5.41) is 0. The van der Waals surface area contributed by atoms with Gasteiger partial charge in [0.05, 0.1) is 11.2 Å². The summed E-state index contributed by atoms with van der Waals surface area (Å²) in [4.78, 5) is 2.56. The second kappa shape index (κ2) is 5.66. The molecule has 22 heavy (non-hydrogen) atoms. The van der Waals surface area contributed by atoms with E-state index in [-0.39, 0.29) is 18.3 Å². The summed E-state index contributed by atoms with van der Waals surface area (Å²) < 4.78 is 12.3. The molecule has 0 aromatic heterocycles. The zero-order valence-corrected chi connectivity index (χ0v) is 14.6. The highest BCUT2D eigenvalue weighted by molar-refractivity contribution is 6.62. The van der Waals surface area contributed by atoms with Crippen molar-refractivity contribution in [3.8, 4) is 0 Å². The van der Waals surface area contributed by atoms with E-state index >= 15 is 0 Å². The Hall–Kier alpha value is -0.835. The minimum Gasteiger partial charge on any atom is -0.399 e. The molecule has 0 unspecified atom stereocenters. The SMILES string of the molecule is C[C@H]1CCCN1Cc1cccc(B2OC(C)(C)C(C)(C)O2)c1. The average Bonchev–Trinajstić information content (AvgIpc) is 2.92. The summed E-state index contributed by atoms with van der Waals surface area (Å²) in [6.45, 7) is 13.0. The molecule has 1 aromatic carbocycles. The second-order valence-corrected chi connectivity index (χ2v) is 7.80. The Bertz CT molecular complexity index is 528. The van der Waals surface area contributed by atoms with Gasteiger partial charge in [0.25, 0.3) is 0 Å². The molecule has 2 saturated heterocycles. The third-order valence-electron chi connectivity index (χ3n) is 5.55. The molecule has 0 saturated carbocycles. The van der Waals surface area contributed by atoms with Crippen molar-refractivity contribution in [3.63, 3.8) is 0 Å². The van der Waals surface area contributed by atoms with Crippen molar-refractivity contribution < 1.29 is 9.31 Å². The maximum Gasteiger partial charge on any atom is 0.494 e. The Morgan fingerprint density at radius 2 is 1.86 bits per heavy atom. The Labute approximate surface area is 135 Å². The standard InChI is InChI=1S/C18H28BNO2/c1-14-8-7-11-20(14)13-15-9-6-10-16(12-15)19-21-17(2,3)18(4,5)22-19/h6,9-10,12,14H,7-8,11,13H2,1-5H3/t14-/m0/s1. The summed E-state index contributed by atoms with van der Waals surface area (Å²) in [5.41, 5.74) is 1.91. The van der Waals surface area contributed by atoms with Crippen LogP contribution in [0.3, 0.4) is 0 Å². The van der Waals surface area contributed by atoms with Crippen LogP contribution in [0.2, 0.25) is 0 Å². The number of hydrogen-bond acceptors (Lipinski definition) is 3. The molecule has 1 atom stereocenters. The molecule has 2 heterocycles. The van der Waals surface area contributed by atoms with Gasteiger partial charge in [-0.25, -0.2) is 0 Å². The monoisotopic (exact) mass is 301 g/mol. The second-order valence-electron chi connectivity index (χ2n) is 7.80. The summed E-state index contributed by atoms with van der Waals surface area (Å²) in [5.74, 6) is 0. The molecule has 2 fully saturated rings. The molecule has 0 aliphatic carbocycles. The van der Waals surface area contributed by atoms with Crippen molar-refractivity contribution in [1.29, 1.82) is 0 Å². The molecule has 0 amide bonds. The zero-order chi connectivity index (χ0) is 16.0. The van der Waals surface area contributed by atoms with Crippen molar-refractivity contribution in [1.82, 2.24) is 4.90 Å². The van der Waals surface area contributed by atoms with Gasteiger partial charge in [-0.1, -0.05) is 24.3 Å². The predicted octanol–water partition coefficient (Wildman–Crippen LogP) is 2.97. The molecule has 3 rings (SSSR count). The van der Waals surface area contributed by atoms with Crippen LogP contribution in [0.4, 0.5) is 0 Å². The highest BCUT2D eigenvalue weighted by atomic mass is 16.7. The molecular formula is C18H28BNO2. The first kappa shape index (κ1) is 16.0. The molecule has 2 aliphatic heterocycles. The molecule has 4 heteroatoms. The molecule has 0 radical (unpaired) electrons. The van der Waals surface area contributed by atoms with Crippen molar-refractivity contribution in [2.24, 2.45) is 0 Å². The van der Waals surface area contributed by atoms with E-state index in [1.54, 1.807) is 0 Å². The third-order valence-corrected chi connectivity index (χ3v) is 5.55. The van der Waals surface area contributed by atoms with Gasteiger partial charge in [0.15, 0.2) is 0 Å². The largest absolute Gasteiger partial charge is 0.494 e. The minimum atomic E-state index is -0.281. The molecule has 0 N–H and O–H groups in total. The normalized spacial score (nSPS) is 27.5. The molecule has 3 nitrogen and oxygen atoms in total. The van der Waals surface area contributed by atoms with E-state index in [2.05, 4.69) is 63.8 Å². The molecule has 0 bridgehead atoms. The fourth-order valence-electron chi connectivity index (χ4n) is 3.28. The van der Waals surface area contributed by atoms with Crippen LogP contribution in [0.1, 0.15) is 53.0 Å². The highest BCUT2D eigenvalue weighted by Gasteiger charge is 2.51. The summed E-state index contributed by atoms with van der Waals surface area (Å²) >= 11 is 0. The highest BCUT2D eigenvalue weighted by Crippen LogP contribution is 2.36. The Morgan fingerprint density at radius 1 is 1.18 bits per heavy atom. The lowest BCUT2D eigenvalue weighted by molar-refractivity contribution is 0.00578. The van der Waals surface area contributed by atoms with Crippen LogP contribution in [0.25, 0.3) is 0 Å². The first-order valence-electron chi connectivity index (χ1n) is 8.47. The van der Waals surface area contributed by atoms with Crippen molar-refractivity contribution in [2.75, 3.05) is 6.54 Å². The van der Waals surface area contributed by atoms with Crippen LogP contribution in [0.15, 0.2) is 24.3 Å². The number of benzene rings is 1. The number of hydrogen-bond donors (Lipinski definition) is 0. The first-order valence-corrected chi connectivity index (χ1v) is 8.47. The van der Waals surface area contributed by atoms with Gasteiger partial charge in [-0.05, 0) is 65.0 Å². The smallest absolute Gasteiger partial charge is 0.399 e. The van der Waals surface area contributed by atoms with Crippen LogP contribution in [0, 0.1) is 0 Å². The minimum absolute atomic E-state index is 0.263. The van der Waals surface area contributed by atoms with Gasteiger partial charge < -0.3 is 9.31 Å². The molecule has 0 spiro atoms.